The van der Waals surface area contributed by atoms with Gasteiger partial charge in [-0.3, -0.25) is 14.9 Å². The van der Waals surface area contributed by atoms with Crippen molar-refractivity contribution in [1.29, 1.82) is 0 Å². The predicted octanol–water partition coefficient (Wildman–Crippen LogP) is 4.26. The SMILES string of the molecule is CC(=O)NC(=O)CCCCCC[C@@H]1[C@@H](/C=C/[C@@H](O)CCC=C(C)C)[C@H](O)C[C@H]1Cl. The summed E-state index contributed by atoms with van der Waals surface area (Å²) in [5.41, 5.74) is 1.25. The van der Waals surface area contributed by atoms with Gasteiger partial charge in [0.15, 0.2) is 0 Å². The third-order valence-electron chi connectivity index (χ3n) is 5.45. The summed E-state index contributed by atoms with van der Waals surface area (Å²) in [6, 6.07) is 0. The maximum atomic E-state index is 11.4. The van der Waals surface area contributed by atoms with Crippen LogP contribution in [0.25, 0.3) is 0 Å². The molecule has 1 aliphatic rings. The van der Waals surface area contributed by atoms with Crippen molar-refractivity contribution in [3.8, 4) is 0 Å². The van der Waals surface area contributed by atoms with Crippen LogP contribution in [0, 0.1) is 11.8 Å². The molecule has 1 saturated carbocycles. The van der Waals surface area contributed by atoms with Crippen molar-refractivity contribution in [2.45, 2.75) is 96.1 Å². The minimum absolute atomic E-state index is 0.0167. The number of unbranched alkanes of at least 4 members (excludes halogenated alkanes) is 3. The first-order chi connectivity index (χ1) is 13.7. The van der Waals surface area contributed by atoms with Crippen LogP contribution < -0.4 is 5.32 Å². The van der Waals surface area contributed by atoms with Gasteiger partial charge in [0.1, 0.15) is 0 Å². The van der Waals surface area contributed by atoms with Crippen molar-refractivity contribution >= 4 is 23.4 Å². The first kappa shape index (κ1) is 25.9. The van der Waals surface area contributed by atoms with Crippen LogP contribution in [0.3, 0.4) is 0 Å². The number of aliphatic hydroxyl groups is 2. The number of alkyl halides is 1. The van der Waals surface area contributed by atoms with Crippen LogP contribution in [0.2, 0.25) is 0 Å². The Morgan fingerprint density at radius 3 is 2.52 bits per heavy atom. The summed E-state index contributed by atoms with van der Waals surface area (Å²) >= 11 is 6.48. The van der Waals surface area contributed by atoms with Gasteiger partial charge in [-0.1, -0.05) is 43.1 Å². The number of carbonyl (C=O) groups is 2. The Bertz CT molecular complexity index is 571. The Balaban J connectivity index is 2.36. The van der Waals surface area contributed by atoms with Crippen LogP contribution in [0.5, 0.6) is 0 Å². The molecule has 0 unspecified atom stereocenters. The van der Waals surface area contributed by atoms with Crippen molar-refractivity contribution in [3.05, 3.63) is 23.8 Å². The van der Waals surface area contributed by atoms with Crippen molar-refractivity contribution in [3.63, 3.8) is 0 Å². The second-order valence-electron chi connectivity index (χ2n) is 8.43. The standard InChI is InChI=1S/C23H38ClNO4/c1-16(2)9-8-10-18(27)13-14-20-19(21(24)15-22(20)28)11-6-4-5-7-12-23(29)25-17(3)26/h9,13-14,18-22,27-28H,4-8,10-12,15H2,1-3H3,(H,25,26,29)/b14-13+/t18-,19+,20+,21+,22+/m0/s1. The number of halogens is 1. The van der Waals surface area contributed by atoms with E-state index in [1.165, 1.54) is 12.5 Å². The molecule has 3 N–H and O–H groups in total. The molecular weight excluding hydrogens is 390 g/mol. The molecule has 0 spiro atoms. The van der Waals surface area contributed by atoms with Gasteiger partial charge in [0, 0.05) is 24.6 Å². The number of imide groups is 1. The van der Waals surface area contributed by atoms with Gasteiger partial charge in [-0.25, -0.2) is 0 Å². The molecule has 0 saturated heterocycles. The number of carbonyl (C=O) groups excluding carboxylic acids is 2. The van der Waals surface area contributed by atoms with E-state index >= 15 is 0 Å². The summed E-state index contributed by atoms with van der Waals surface area (Å²) < 4.78 is 0. The summed E-state index contributed by atoms with van der Waals surface area (Å²) in [5, 5.41) is 22.7. The smallest absolute Gasteiger partial charge is 0.226 e. The van der Waals surface area contributed by atoms with E-state index in [2.05, 4.69) is 11.4 Å². The van der Waals surface area contributed by atoms with E-state index in [1.54, 1.807) is 0 Å². The third-order valence-corrected chi connectivity index (χ3v) is 5.95. The van der Waals surface area contributed by atoms with E-state index in [0.29, 0.717) is 19.3 Å². The van der Waals surface area contributed by atoms with E-state index < -0.39 is 12.2 Å². The Hall–Kier alpha value is -1.17. The fourth-order valence-corrected chi connectivity index (χ4v) is 4.38. The van der Waals surface area contributed by atoms with E-state index in [-0.39, 0.29) is 29.0 Å². The fourth-order valence-electron chi connectivity index (χ4n) is 3.91. The van der Waals surface area contributed by atoms with Crippen LogP contribution >= 0.6 is 11.6 Å². The van der Waals surface area contributed by atoms with Gasteiger partial charge in [-0.2, -0.15) is 0 Å². The van der Waals surface area contributed by atoms with Crippen molar-refractivity contribution in [2.24, 2.45) is 11.8 Å². The molecule has 0 aromatic carbocycles. The van der Waals surface area contributed by atoms with Gasteiger partial charge >= 0.3 is 0 Å². The van der Waals surface area contributed by atoms with E-state index in [4.69, 9.17) is 11.6 Å². The van der Waals surface area contributed by atoms with Crippen molar-refractivity contribution < 1.29 is 19.8 Å². The van der Waals surface area contributed by atoms with Crippen LogP contribution in [-0.2, 0) is 9.59 Å². The minimum atomic E-state index is -0.506. The highest BCUT2D eigenvalue weighted by Gasteiger charge is 2.39. The molecule has 29 heavy (non-hydrogen) atoms. The first-order valence-electron chi connectivity index (χ1n) is 10.8. The zero-order chi connectivity index (χ0) is 21.8. The Labute approximate surface area is 180 Å². The molecule has 0 radical (unpaired) electrons. The average Bonchev–Trinajstić information content (AvgIpc) is 2.88. The Morgan fingerprint density at radius 2 is 1.86 bits per heavy atom. The Morgan fingerprint density at radius 1 is 1.17 bits per heavy atom. The first-order valence-corrected chi connectivity index (χ1v) is 11.3. The topological polar surface area (TPSA) is 86.6 Å². The lowest BCUT2D eigenvalue weighted by molar-refractivity contribution is -0.129. The molecule has 0 aromatic rings. The van der Waals surface area contributed by atoms with Crippen LogP contribution in [0.15, 0.2) is 23.8 Å². The second-order valence-corrected chi connectivity index (χ2v) is 8.99. The van der Waals surface area contributed by atoms with Gasteiger partial charge < -0.3 is 10.2 Å². The molecule has 166 valence electrons. The molecule has 2 amide bonds. The zero-order valence-electron chi connectivity index (χ0n) is 18.1. The minimum Gasteiger partial charge on any atom is -0.392 e. The fraction of sp³-hybridized carbons (Fsp3) is 0.739. The van der Waals surface area contributed by atoms with Crippen LogP contribution in [0.4, 0.5) is 0 Å². The molecular formula is C23H38ClNO4. The average molecular weight is 428 g/mol. The molecule has 0 aliphatic heterocycles. The summed E-state index contributed by atoms with van der Waals surface area (Å²) in [6.45, 7) is 5.43. The van der Waals surface area contributed by atoms with E-state index in [1.807, 2.05) is 26.0 Å². The number of hydrogen-bond acceptors (Lipinski definition) is 4. The van der Waals surface area contributed by atoms with Gasteiger partial charge in [-0.05, 0) is 51.9 Å². The normalized spacial score (nSPS) is 25.2. The highest BCUT2D eigenvalue weighted by Crippen LogP contribution is 2.40. The number of allylic oxidation sites excluding steroid dienone is 2. The summed E-state index contributed by atoms with van der Waals surface area (Å²) in [6.07, 6.45) is 12.0. The molecule has 0 heterocycles. The Kier molecular flexibility index (Phi) is 12.4. The number of hydrogen-bond donors (Lipinski definition) is 3. The maximum absolute atomic E-state index is 11.4. The number of rotatable bonds is 12. The third kappa shape index (κ3) is 11.0. The van der Waals surface area contributed by atoms with Crippen molar-refractivity contribution in [2.75, 3.05) is 0 Å². The second kappa shape index (κ2) is 13.9. The predicted molar refractivity (Wildman–Crippen MR) is 118 cm³/mol. The van der Waals surface area contributed by atoms with Gasteiger partial charge in [0.25, 0.3) is 0 Å². The highest BCUT2D eigenvalue weighted by molar-refractivity contribution is 6.21. The maximum Gasteiger partial charge on any atom is 0.226 e. The monoisotopic (exact) mass is 427 g/mol. The van der Waals surface area contributed by atoms with Gasteiger partial charge in [-0.15, -0.1) is 11.6 Å². The summed E-state index contributed by atoms with van der Waals surface area (Å²) in [7, 11) is 0. The number of amides is 2. The summed E-state index contributed by atoms with van der Waals surface area (Å²) in [5.74, 6) is -0.347. The van der Waals surface area contributed by atoms with Gasteiger partial charge in [0.05, 0.1) is 12.2 Å². The lowest BCUT2D eigenvalue weighted by atomic mass is 9.88. The van der Waals surface area contributed by atoms with Crippen molar-refractivity contribution in [1.82, 2.24) is 5.32 Å². The molecule has 5 nitrogen and oxygen atoms in total. The van der Waals surface area contributed by atoms with E-state index in [0.717, 1.165) is 38.5 Å². The lowest BCUT2D eigenvalue weighted by Crippen LogP contribution is -2.27. The molecule has 5 atom stereocenters. The van der Waals surface area contributed by atoms with Gasteiger partial charge in [0.2, 0.25) is 11.8 Å². The molecule has 1 fully saturated rings. The van der Waals surface area contributed by atoms with Crippen LogP contribution in [-0.4, -0.2) is 39.6 Å². The molecule has 0 aromatic heterocycles. The largest absolute Gasteiger partial charge is 0.392 e. The number of aliphatic hydroxyl groups excluding tert-OH is 2. The zero-order valence-corrected chi connectivity index (χ0v) is 18.8. The molecule has 6 heteroatoms. The lowest BCUT2D eigenvalue weighted by Gasteiger charge is -2.21. The van der Waals surface area contributed by atoms with Crippen LogP contribution in [0.1, 0.15) is 78.6 Å². The van der Waals surface area contributed by atoms with E-state index in [9.17, 15) is 19.8 Å². The molecule has 0 bridgehead atoms. The molecule has 1 rings (SSSR count). The highest BCUT2D eigenvalue weighted by atomic mass is 35.5. The quantitative estimate of drug-likeness (QED) is 0.247. The number of nitrogens with one attached hydrogen (secondary N) is 1. The molecule has 1 aliphatic carbocycles. The summed E-state index contributed by atoms with van der Waals surface area (Å²) in [4.78, 5) is 22.2.